The van der Waals surface area contributed by atoms with Gasteiger partial charge in [-0.05, 0) is 40.9 Å². The largest absolute Gasteiger partial charge is 0.352 e. The van der Waals surface area contributed by atoms with Gasteiger partial charge in [-0.1, -0.05) is 12.1 Å². The Morgan fingerprint density at radius 1 is 1.05 bits per heavy atom. The van der Waals surface area contributed by atoms with E-state index in [2.05, 4.69) is 31.9 Å². The van der Waals surface area contributed by atoms with Crippen LogP contribution < -0.4 is 16.0 Å². The second-order valence-corrected chi connectivity index (χ2v) is 5.64. The number of rotatable bonds is 6. The predicted octanol–water partition coefficient (Wildman–Crippen LogP) is 0.574. The van der Waals surface area contributed by atoms with Crippen molar-refractivity contribution in [3.63, 3.8) is 0 Å². The first kappa shape index (κ1) is 15.5. The second kappa shape index (κ2) is 7.21. The van der Waals surface area contributed by atoms with Crippen molar-refractivity contribution in [3.05, 3.63) is 34.3 Å². The number of benzene rings is 1. The summed E-state index contributed by atoms with van der Waals surface area (Å²) in [5.41, 5.74) is 0.455. The van der Waals surface area contributed by atoms with E-state index in [1.807, 2.05) is 0 Å². The van der Waals surface area contributed by atoms with Crippen LogP contribution in [0.15, 0.2) is 28.7 Å². The molecule has 6 nitrogen and oxygen atoms in total. The summed E-state index contributed by atoms with van der Waals surface area (Å²) in [5, 5.41) is 7.72. The molecule has 0 heterocycles. The molecule has 1 aromatic rings. The minimum atomic E-state index is -0.402. The monoisotopic (exact) mass is 353 g/mol. The summed E-state index contributed by atoms with van der Waals surface area (Å²) >= 11 is 3.27. The van der Waals surface area contributed by atoms with Crippen LogP contribution in [0.1, 0.15) is 23.2 Å². The van der Waals surface area contributed by atoms with Crippen molar-refractivity contribution >= 4 is 33.7 Å². The molecular weight excluding hydrogens is 338 g/mol. The van der Waals surface area contributed by atoms with Crippen LogP contribution in [0, 0.1) is 0 Å². The first-order valence-corrected chi connectivity index (χ1v) is 7.44. The quantitative estimate of drug-likeness (QED) is 0.698. The van der Waals surface area contributed by atoms with Crippen LogP contribution in [0.25, 0.3) is 0 Å². The Morgan fingerprint density at radius 2 is 1.71 bits per heavy atom. The van der Waals surface area contributed by atoms with Crippen molar-refractivity contribution < 1.29 is 14.4 Å². The Hall–Kier alpha value is -1.89. The topological polar surface area (TPSA) is 87.3 Å². The molecule has 7 heteroatoms. The molecule has 2 rings (SSSR count). The van der Waals surface area contributed by atoms with E-state index < -0.39 is 5.91 Å². The number of carbonyl (C=O) groups is 3. The van der Waals surface area contributed by atoms with Crippen LogP contribution in [-0.4, -0.2) is 36.9 Å². The van der Waals surface area contributed by atoms with Crippen LogP contribution in [0.3, 0.4) is 0 Å². The SMILES string of the molecule is O=C(CNC(=O)c1ccccc1Br)NCC(=O)NC1CC1. The molecule has 0 aliphatic heterocycles. The minimum absolute atomic E-state index is 0.0692. The lowest BCUT2D eigenvalue weighted by atomic mass is 10.2. The maximum atomic E-state index is 11.9. The Balaban J connectivity index is 1.69. The average molecular weight is 354 g/mol. The zero-order chi connectivity index (χ0) is 15.2. The first-order chi connectivity index (χ1) is 10.1. The third-order valence-corrected chi connectivity index (χ3v) is 3.61. The Morgan fingerprint density at radius 3 is 2.38 bits per heavy atom. The van der Waals surface area contributed by atoms with E-state index in [4.69, 9.17) is 0 Å². The third kappa shape index (κ3) is 5.18. The zero-order valence-electron chi connectivity index (χ0n) is 11.3. The van der Waals surface area contributed by atoms with Gasteiger partial charge in [0, 0.05) is 10.5 Å². The summed E-state index contributed by atoms with van der Waals surface area (Å²) in [7, 11) is 0. The molecule has 1 saturated carbocycles. The van der Waals surface area contributed by atoms with Crippen molar-refractivity contribution in [1.29, 1.82) is 0 Å². The predicted molar refractivity (Wildman–Crippen MR) is 80.6 cm³/mol. The number of halogens is 1. The van der Waals surface area contributed by atoms with Crippen molar-refractivity contribution in [1.82, 2.24) is 16.0 Å². The van der Waals surface area contributed by atoms with E-state index in [1.54, 1.807) is 24.3 Å². The number of nitrogens with one attached hydrogen (secondary N) is 3. The van der Waals surface area contributed by atoms with Crippen LogP contribution >= 0.6 is 15.9 Å². The minimum Gasteiger partial charge on any atom is -0.352 e. The number of hydrogen-bond acceptors (Lipinski definition) is 3. The molecule has 1 aliphatic carbocycles. The maximum absolute atomic E-state index is 11.9. The van der Waals surface area contributed by atoms with Gasteiger partial charge in [-0.2, -0.15) is 0 Å². The van der Waals surface area contributed by atoms with Crippen LogP contribution in [0.2, 0.25) is 0 Å². The number of carbonyl (C=O) groups excluding carboxylic acids is 3. The highest BCUT2D eigenvalue weighted by Crippen LogP contribution is 2.18. The molecule has 1 aliphatic rings. The number of amides is 3. The Labute approximate surface area is 130 Å². The third-order valence-electron chi connectivity index (χ3n) is 2.92. The van der Waals surface area contributed by atoms with E-state index in [0.717, 1.165) is 12.8 Å². The molecule has 1 fully saturated rings. The van der Waals surface area contributed by atoms with Gasteiger partial charge in [-0.25, -0.2) is 0 Å². The highest BCUT2D eigenvalue weighted by atomic mass is 79.9. The molecule has 3 N–H and O–H groups in total. The molecule has 0 radical (unpaired) electrons. The second-order valence-electron chi connectivity index (χ2n) is 4.78. The fourth-order valence-electron chi connectivity index (χ4n) is 1.65. The molecule has 21 heavy (non-hydrogen) atoms. The highest BCUT2D eigenvalue weighted by Gasteiger charge is 2.23. The van der Waals surface area contributed by atoms with E-state index in [-0.39, 0.29) is 30.9 Å². The van der Waals surface area contributed by atoms with Gasteiger partial charge in [0.05, 0.1) is 18.7 Å². The van der Waals surface area contributed by atoms with Gasteiger partial charge in [0.15, 0.2) is 0 Å². The Kier molecular flexibility index (Phi) is 5.32. The van der Waals surface area contributed by atoms with Crippen molar-refractivity contribution in [2.75, 3.05) is 13.1 Å². The summed E-state index contributed by atoms with van der Waals surface area (Å²) in [4.78, 5) is 34.8. The summed E-state index contributed by atoms with van der Waals surface area (Å²) in [5.74, 6) is -0.954. The van der Waals surface area contributed by atoms with Crippen LogP contribution in [0.5, 0.6) is 0 Å². The molecule has 0 atom stereocenters. The van der Waals surface area contributed by atoms with Gasteiger partial charge in [0.2, 0.25) is 11.8 Å². The zero-order valence-corrected chi connectivity index (χ0v) is 12.9. The first-order valence-electron chi connectivity index (χ1n) is 6.65. The van der Waals surface area contributed by atoms with E-state index in [0.29, 0.717) is 10.0 Å². The smallest absolute Gasteiger partial charge is 0.252 e. The fourth-order valence-corrected chi connectivity index (χ4v) is 2.11. The van der Waals surface area contributed by atoms with Gasteiger partial charge in [-0.3, -0.25) is 14.4 Å². The van der Waals surface area contributed by atoms with E-state index in [1.165, 1.54) is 0 Å². The van der Waals surface area contributed by atoms with Gasteiger partial charge < -0.3 is 16.0 Å². The van der Waals surface area contributed by atoms with Gasteiger partial charge in [0.1, 0.15) is 0 Å². The lowest BCUT2D eigenvalue weighted by Crippen LogP contribution is -2.42. The average Bonchev–Trinajstić information content (AvgIpc) is 3.27. The lowest BCUT2D eigenvalue weighted by molar-refractivity contribution is -0.125. The summed E-state index contributed by atoms with van der Waals surface area (Å²) in [6, 6.07) is 7.20. The van der Waals surface area contributed by atoms with Crippen molar-refractivity contribution in [2.24, 2.45) is 0 Å². The lowest BCUT2D eigenvalue weighted by Gasteiger charge is -2.08. The summed E-state index contributed by atoms with van der Waals surface area (Å²) in [6.45, 7) is -0.239. The van der Waals surface area contributed by atoms with Gasteiger partial charge in [-0.15, -0.1) is 0 Å². The Bertz CT molecular complexity index is 558. The molecule has 1 aromatic carbocycles. The fraction of sp³-hybridized carbons (Fsp3) is 0.357. The highest BCUT2D eigenvalue weighted by molar-refractivity contribution is 9.10. The van der Waals surface area contributed by atoms with Gasteiger partial charge in [0.25, 0.3) is 5.91 Å². The molecule has 0 unspecified atom stereocenters. The van der Waals surface area contributed by atoms with Crippen LogP contribution in [-0.2, 0) is 9.59 Å². The molecule has 3 amide bonds. The standard InChI is InChI=1S/C14H16BrN3O3/c15-11-4-2-1-3-10(11)14(21)17-7-12(19)16-8-13(20)18-9-5-6-9/h1-4,9H,5-8H2,(H,16,19)(H,17,21)(H,18,20). The van der Waals surface area contributed by atoms with Crippen LogP contribution in [0.4, 0.5) is 0 Å². The maximum Gasteiger partial charge on any atom is 0.252 e. The molecule has 112 valence electrons. The van der Waals surface area contributed by atoms with Crippen molar-refractivity contribution in [2.45, 2.75) is 18.9 Å². The molecule has 0 aromatic heterocycles. The normalized spacial score (nSPS) is 13.4. The molecule has 0 bridgehead atoms. The van der Waals surface area contributed by atoms with Crippen molar-refractivity contribution in [3.8, 4) is 0 Å². The van der Waals surface area contributed by atoms with Gasteiger partial charge >= 0.3 is 0 Å². The number of hydrogen-bond donors (Lipinski definition) is 3. The van der Waals surface area contributed by atoms with E-state index >= 15 is 0 Å². The van der Waals surface area contributed by atoms with E-state index in [9.17, 15) is 14.4 Å². The summed E-state index contributed by atoms with van der Waals surface area (Å²) in [6.07, 6.45) is 2.00. The molecular formula is C14H16BrN3O3. The molecule has 0 saturated heterocycles. The summed E-state index contributed by atoms with van der Waals surface area (Å²) < 4.78 is 0.659. The molecule has 0 spiro atoms.